The highest BCUT2D eigenvalue weighted by Gasteiger charge is 2.52. The number of oxazole rings is 1. The predicted molar refractivity (Wildman–Crippen MR) is 125 cm³/mol. The van der Waals surface area contributed by atoms with E-state index in [4.69, 9.17) is 28.1 Å². The molecule has 1 N–H and O–H groups in total. The molecule has 0 radical (unpaired) electrons. The summed E-state index contributed by atoms with van der Waals surface area (Å²) in [6.45, 7) is 5.24. The molecule has 3 rings (SSSR count). The van der Waals surface area contributed by atoms with Crippen molar-refractivity contribution in [1.29, 1.82) is 0 Å². The van der Waals surface area contributed by atoms with Crippen molar-refractivity contribution in [3.63, 3.8) is 0 Å². The van der Waals surface area contributed by atoms with Crippen molar-refractivity contribution in [2.75, 3.05) is 6.61 Å². The van der Waals surface area contributed by atoms with Gasteiger partial charge in [0.25, 0.3) is 0 Å². The molecule has 1 amide bonds. The largest absolute Gasteiger partial charge is 0.463 e. The van der Waals surface area contributed by atoms with E-state index in [-0.39, 0.29) is 5.58 Å². The summed E-state index contributed by atoms with van der Waals surface area (Å²) < 4.78 is 33.1. The van der Waals surface area contributed by atoms with Crippen LogP contribution in [-0.2, 0) is 54.2 Å². The third-order valence-corrected chi connectivity index (χ3v) is 5.43. The van der Waals surface area contributed by atoms with Gasteiger partial charge in [0.2, 0.25) is 12.2 Å². The average molecular weight is 536 g/mol. The quantitative estimate of drug-likeness (QED) is 0.356. The van der Waals surface area contributed by atoms with Crippen molar-refractivity contribution in [3.8, 4) is 0 Å². The van der Waals surface area contributed by atoms with E-state index >= 15 is 0 Å². The maximum Gasteiger partial charge on any atom is 0.420 e. The summed E-state index contributed by atoms with van der Waals surface area (Å²) in [7, 11) is 0. The molecule has 206 valence electrons. The van der Waals surface area contributed by atoms with Crippen LogP contribution in [0.5, 0.6) is 0 Å². The van der Waals surface area contributed by atoms with E-state index in [0.29, 0.717) is 5.52 Å². The van der Waals surface area contributed by atoms with Crippen LogP contribution in [-0.4, -0.2) is 71.6 Å². The van der Waals surface area contributed by atoms with E-state index in [9.17, 15) is 28.8 Å². The minimum atomic E-state index is -1.60. The van der Waals surface area contributed by atoms with Crippen molar-refractivity contribution in [2.45, 2.75) is 71.8 Å². The lowest BCUT2D eigenvalue weighted by Crippen LogP contribution is -2.66. The highest BCUT2D eigenvalue weighted by Crippen LogP contribution is 2.28. The predicted octanol–water partition coefficient (Wildman–Crippen LogP) is 0.102. The van der Waals surface area contributed by atoms with Gasteiger partial charge >= 0.3 is 29.6 Å². The van der Waals surface area contributed by atoms with Crippen LogP contribution in [0.15, 0.2) is 27.4 Å². The Morgan fingerprint density at radius 1 is 0.947 bits per heavy atom. The minimum absolute atomic E-state index is 0.263. The van der Waals surface area contributed by atoms with Crippen LogP contribution in [0.25, 0.3) is 11.1 Å². The number of amides is 1. The molecule has 5 atom stereocenters. The lowest BCUT2D eigenvalue weighted by molar-refractivity contribution is -0.271. The second kappa shape index (κ2) is 11.9. The molecule has 1 fully saturated rings. The standard InChI is InChI=1S/C24H28N2O12/c1-11-6-7-17-16(8-11)26(24(32)37-17)9-19(31)38-23-20(25-12(2)27)22(35-15(5)30)21(34-14(4)29)18(36-23)10-33-13(3)28/h6-8,18,20-23H,9-10H2,1-5H3,(H,25,27). The molecule has 1 aromatic heterocycles. The van der Waals surface area contributed by atoms with Crippen molar-refractivity contribution in [3.05, 3.63) is 34.3 Å². The molecule has 1 aliphatic rings. The molecule has 0 spiro atoms. The Balaban J connectivity index is 1.94. The molecule has 2 heterocycles. The van der Waals surface area contributed by atoms with Gasteiger partial charge in [-0.25, -0.2) is 4.79 Å². The van der Waals surface area contributed by atoms with E-state index in [1.54, 1.807) is 25.1 Å². The summed E-state index contributed by atoms with van der Waals surface area (Å²) >= 11 is 0. The first-order valence-corrected chi connectivity index (χ1v) is 11.6. The van der Waals surface area contributed by atoms with E-state index in [1.165, 1.54) is 0 Å². The van der Waals surface area contributed by atoms with E-state index < -0.39 is 79.3 Å². The Morgan fingerprint density at radius 3 is 2.21 bits per heavy atom. The Bertz CT molecular complexity index is 1300. The van der Waals surface area contributed by atoms with Gasteiger partial charge in [0.1, 0.15) is 25.3 Å². The normalized spacial score (nSPS) is 22.8. The zero-order chi connectivity index (χ0) is 28.1. The number of hydrogen-bond donors (Lipinski definition) is 1. The van der Waals surface area contributed by atoms with E-state index in [0.717, 1.165) is 37.8 Å². The summed E-state index contributed by atoms with van der Waals surface area (Å²) in [4.78, 5) is 72.5. The van der Waals surface area contributed by atoms with Crippen molar-refractivity contribution in [1.82, 2.24) is 9.88 Å². The van der Waals surface area contributed by atoms with Crippen LogP contribution >= 0.6 is 0 Å². The summed E-state index contributed by atoms with van der Waals surface area (Å²) in [5.41, 5.74) is 1.44. The maximum absolute atomic E-state index is 13.0. The van der Waals surface area contributed by atoms with Crippen LogP contribution in [0.4, 0.5) is 0 Å². The molecule has 14 nitrogen and oxygen atoms in total. The third kappa shape index (κ3) is 6.97. The van der Waals surface area contributed by atoms with Gasteiger partial charge in [-0.15, -0.1) is 0 Å². The first-order valence-electron chi connectivity index (χ1n) is 11.6. The monoisotopic (exact) mass is 536 g/mol. The number of ether oxygens (including phenoxy) is 5. The van der Waals surface area contributed by atoms with Crippen LogP contribution < -0.4 is 11.1 Å². The SMILES string of the molecule is CC(=O)NC1C(OC(=O)Cn2c(=O)oc3ccc(C)cc32)OC(COC(C)=O)C(OC(C)=O)C1OC(C)=O. The molecule has 2 aromatic rings. The fourth-order valence-corrected chi connectivity index (χ4v) is 4.01. The fraction of sp³-hybridized carbons (Fsp3) is 0.500. The number of carbonyl (C=O) groups is 5. The lowest BCUT2D eigenvalue weighted by atomic mass is 9.96. The molecule has 5 unspecified atom stereocenters. The topological polar surface area (TPSA) is 179 Å². The Hall–Kier alpha value is -4.20. The van der Waals surface area contributed by atoms with Crippen molar-refractivity contribution in [2.24, 2.45) is 0 Å². The summed E-state index contributed by atoms with van der Waals surface area (Å²) in [6.07, 6.45) is -5.59. The van der Waals surface area contributed by atoms with Crippen LogP contribution in [0.3, 0.4) is 0 Å². The van der Waals surface area contributed by atoms with Gasteiger partial charge in [0.15, 0.2) is 17.8 Å². The highest BCUT2D eigenvalue weighted by molar-refractivity contribution is 5.77. The Labute approximate surface area is 216 Å². The van der Waals surface area contributed by atoms with Crippen LogP contribution in [0.2, 0.25) is 0 Å². The summed E-state index contributed by atoms with van der Waals surface area (Å²) in [6, 6.07) is 3.64. The van der Waals surface area contributed by atoms with Crippen LogP contribution in [0.1, 0.15) is 33.3 Å². The highest BCUT2D eigenvalue weighted by atomic mass is 16.7. The molecule has 1 aliphatic heterocycles. The summed E-state index contributed by atoms with van der Waals surface area (Å²) in [5, 5.41) is 2.48. The second-order valence-corrected chi connectivity index (χ2v) is 8.64. The minimum Gasteiger partial charge on any atom is -0.463 e. The van der Waals surface area contributed by atoms with Gasteiger partial charge in [0.05, 0.1) is 5.52 Å². The van der Waals surface area contributed by atoms with Gasteiger partial charge in [0, 0.05) is 27.7 Å². The maximum atomic E-state index is 13.0. The third-order valence-electron chi connectivity index (χ3n) is 5.43. The average Bonchev–Trinajstić information content (AvgIpc) is 3.09. The second-order valence-electron chi connectivity index (χ2n) is 8.64. The number of nitrogens with one attached hydrogen (secondary N) is 1. The van der Waals surface area contributed by atoms with E-state index in [2.05, 4.69) is 5.32 Å². The number of nitrogens with zero attached hydrogens (tertiary/aromatic N) is 1. The van der Waals surface area contributed by atoms with E-state index in [1.807, 2.05) is 0 Å². The zero-order valence-corrected chi connectivity index (χ0v) is 21.4. The fourth-order valence-electron chi connectivity index (χ4n) is 4.01. The molecule has 1 saturated heterocycles. The van der Waals surface area contributed by atoms with Crippen molar-refractivity contribution >= 4 is 40.9 Å². The Morgan fingerprint density at radius 2 is 1.61 bits per heavy atom. The molecule has 0 aliphatic carbocycles. The molecular formula is C24H28N2O12. The molecule has 38 heavy (non-hydrogen) atoms. The van der Waals surface area contributed by atoms with Crippen LogP contribution in [0, 0.1) is 6.92 Å². The number of fused-ring (bicyclic) bond motifs is 1. The number of esters is 4. The molecule has 1 aromatic carbocycles. The van der Waals surface area contributed by atoms with Gasteiger partial charge in [-0.2, -0.15) is 0 Å². The number of rotatable bonds is 8. The van der Waals surface area contributed by atoms with Gasteiger partial charge in [-0.05, 0) is 24.6 Å². The lowest BCUT2D eigenvalue weighted by Gasteiger charge is -2.44. The first kappa shape index (κ1) is 28.4. The number of aromatic nitrogens is 1. The Kier molecular flexibility index (Phi) is 8.88. The van der Waals surface area contributed by atoms with Gasteiger partial charge in [-0.3, -0.25) is 28.5 Å². The van der Waals surface area contributed by atoms with Gasteiger partial charge < -0.3 is 33.4 Å². The molecular weight excluding hydrogens is 508 g/mol. The number of aryl methyl sites for hydroxylation is 1. The first-order chi connectivity index (χ1) is 17.8. The number of carbonyl (C=O) groups excluding carboxylic acids is 5. The molecule has 0 bridgehead atoms. The number of hydrogen-bond acceptors (Lipinski definition) is 12. The van der Waals surface area contributed by atoms with Gasteiger partial charge in [-0.1, -0.05) is 6.07 Å². The zero-order valence-electron chi connectivity index (χ0n) is 21.4. The smallest absolute Gasteiger partial charge is 0.420 e. The molecule has 0 saturated carbocycles. The molecule has 14 heteroatoms. The summed E-state index contributed by atoms with van der Waals surface area (Å²) in [5.74, 6) is -4.63. The van der Waals surface area contributed by atoms with Crippen molar-refractivity contribution < 1.29 is 52.1 Å². The number of benzene rings is 1.